The minimum Gasteiger partial charge on any atom is -0.346 e. The molecule has 1 aromatic carbocycles. The molecule has 1 aliphatic rings. The van der Waals surface area contributed by atoms with Crippen LogP contribution in [0.4, 0.5) is 5.69 Å². The van der Waals surface area contributed by atoms with Crippen LogP contribution in [0.5, 0.6) is 0 Å². The maximum Gasteiger partial charge on any atom is 0.271 e. The average Bonchev–Trinajstić information content (AvgIpc) is 3.08. The Hall–Kier alpha value is -0.950. The van der Waals surface area contributed by atoms with E-state index in [1.54, 1.807) is 6.07 Å². The highest BCUT2D eigenvalue weighted by molar-refractivity contribution is 9.10. The molecule has 2 rings (SSSR count). The Morgan fingerprint density at radius 1 is 1.44 bits per heavy atom. The topological polar surface area (TPSA) is 72.2 Å². The van der Waals surface area contributed by atoms with E-state index in [0.717, 1.165) is 12.8 Å². The molecule has 7 heteroatoms. The molecule has 0 unspecified atom stereocenters. The van der Waals surface area contributed by atoms with Gasteiger partial charge in [-0.3, -0.25) is 14.9 Å². The third-order valence-corrected chi connectivity index (χ3v) is 4.37. The maximum absolute atomic E-state index is 12.0. The number of nitro benzene ring substituents is 1. The van der Waals surface area contributed by atoms with Gasteiger partial charge in [0.25, 0.3) is 11.6 Å². The van der Waals surface area contributed by atoms with E-state index in [-0.39, 0.29) is 17.1 Å². The summed E-state index contributed by atoms with van der Waals surface area (Å²) in [7, 11) is 0. The summed E-state index contributed by atoms with van der Waals surface area (Å²) in [5.41, 5.74) is 0.0234. The van der Waals surface area contributed by atoms with Crippen LogP contribution in [0.15, 0.2) is 22.7 Å². The van der Waals surface area contributed by atoms with Crippen LogP contribution in [0.25, 0.3) is 0 Å². The predicted molar refractivity (Wildman–Crippen MR) is 74.0 cm³/mol. The van der Waals surface area contributed by atoms with Gasteiger partial charge in [-0.1, -0.05) is 31.9 Å². The molecular weight excluding hydrogens is 368 g/mol. The second-order valence-corrected chi connectivity index (χ2v) is 5.80. The monoisotopic (exact) mass is 376 g/mol. The molecule has 1 fully saturated rings. The van der Waals surface area contributed by atoms with Crippen LogP contribution in [0.1, 0.15) is 23.2 Å². The Morgan fingerprint density at radius 3 is 2.61 bits per heavy atom. The SMILES string of the molecule is O=C(NC1(CBr)CC1)c1cc(Br)cc([N+](=O)[O-])c1. The number of nitrogens with one attached hydrogen (secondary N) is 1. The standard InChI is InChI=1S/C11H10Br2N2O3/c12-6-11(1-2-11)14-10(16)7-3-8(13)5-9(4-7)15(17)18/h3-5H,1-2,6H2,(H,14,16). The summed E-state index contributed by atoms with van der Waals surface area (Å²) in [5, 5.41) is 14.3. The van der Waals surface area contributed by atoms with Crippen molar-refractivity contribution in [2.75, 3.05) is 5.33 Å². The number of amides is 1. The summed E-state index contributed by atoms with van der Waals surface area (Å²) in [6.07, 6.45) is 1.86. The highest BCUT2D eigenvalue weighted by Crippen LogP contribution is 2.37. The molecule has 5 nitrogen and oxygen atoms in total. The van der Waals surface area contributed by atoms with Crippen molar-refractivity contribution in [2.24, 2.45) is 0 Å². The van der Waals surface area contributed by atoms with Crippen molar-refractivity contribution in [1.29, 1.82) is 0 Å². The number of nitro groups is 1. The van der Waals surface area contributed by atoms with Gasteiger partial charge in [0.05, 0.1) is 10.5 Å². The van der Waals surface area contributed by atoms with Crippen LogP contribution < -0.4 is 5.32 Å². The Morgan fingerprint density at radius 2 is 2.11 bits per heavy atom. The zero-order chi connectivity index (χ0) is 13.3. The lowest BCUT2D eigenvalue weighted by Crippen LogP contribution is -2.38. The Labute approximate surface area is 120 Å². The molecule has 1 saturated carbocycles. The number of rotatable bonds is 4. The average molecular weight is 378 g/mol. The van der Waals surface area contributed by atoms with Gasteiger partial charge in [0, 0.05) is 27.5 Å². The fraction of sp³-hybridized carbons (Fsp3) is 0.364. The quantitative estimate of drug-likeness (QED) is 0.498. The van der Waals surface area contributed by atoms with Crippen LogP contribution in [0.2, 0.25) is 0 Å². The molecule has 1 N–H and O–H groups in total. The number of hydrogen-bond donors (Lipinski definition) is 1. The predicted octanol–water partition coefficient (Wildman–Crippen LogP) is 3.01. The van der Waals surface area contributed by atoms with Gasteiger partial charge in [-0.05, 0) is 18.9 Å². The van der Waals surface area contributed by atoms with E-state index in [4.69, 9.17) is 0 Å². The van der Waals surface area contributed by atoms with Gasteiger partial charge in [-0.25, -0.2) is 0 Å². The summed E-state index contributed by atoms with van der Waals surface area (Å²) >= 11 is 6.52. The number of benzene rings is 1. The highest BCUT2D eigenvalue weighted by Gasteiger charge is 2.43. The molecule has 0 saturated heterocycles. The summed E-state index contributed by atoms with van der Waals surface area (Å²) in [6, 6.07) is 4.23. The van der Waals surface area contributed by atoms with Crippen molar-refractivity contribution in [2.45, 2.75) is 18.4 Å². The van der Waals surface area contributed by atoms with Crippen molar-refractivity contribution < 1.29 is 9.72 Å². The molecule has 0 spiro atoms. The number of halogens is 2. The number of alkyl halides is 1. The van der Waals surface area contributed by atoms with Gasteiger partial charge >= 0.3 is 0 Å². The Kier molecular flexibility index (Phi) is 3.72. The normalized spacial score (nSPS) is 16.1. The van der Waals surface area contributed by atoms with E-state index in [1.165, 1.54) is 12.1 Å². The van der Waals surface area contributed by atoms with Crippen LogP contribution >= 0.6 is 31.9 Å². The fourth-order valence-corrected chi connectivity index (χ4v) is 2.75. The minimum absolute atomic E-state index is 0.0989. The van der Waals surface area contributed by atoms with E-state index < -0.39 is 4.92 Å². The van der Waals surface area contributed by atoms with Crippen molar-refractivity contribution in [3.05, 3.63) is 38.3 Å². The first-order valence-electron chi connectivity index (χ1n) is 5.29. The third kappa shape index (κ3) is 2.89. The molecule has 0 aromatic heterocycles. The van der Waals surface area contributed by atoms with E-state index in [1.807, 2.05) is 0 Å². The van der Waals surface area contributed by atoms with E-state index >= 15 is 0 Å². The number of carbonyl (C=O) groups is 1. The van der Waals surface area contributed by atoms with Gasteiger partial charge in [-0.15, -0.1) is 0 Å². The highest BCUT2D eigenvalue weighted by atomic mass is 79.9. The van der Waals surface area contributed by atoms with Gasteiger partial charge in [0.1, 0.15) is 0 Å². The van der Waals surface area contributed by atoms with Crippen molar-refractivity contribution in [3.63, 3.8) is 0 Å². The molecule has 0 radical (unpaired) electrons. The van der Waals surface area contributed by atoms with E-state index in [9.17, 15) is 14.9 Å². The fourth-order valence-electron chi connectivity index (χ4n) is 1.57. The first-order chi connectivity index (χ1) is 8.46. The molecule has 1 aliphatic carbocycles. The lowest BCUT2D eigenvalue weighted by Gasteiger charge is -2.14. The van der Waals surface area contributed by atoms with Crippen molar-refractivity contribution >= 4 is 43.5 Å². The van der Waals surface area contributed by atoms with Crippen LogP contribution in [-0.4, -0.2) is 21.7 Å². The number of carbonyl (C=O) groups excluding carboxylic acids is 1. The van der Waals surface area contributed by atoms with Crippen molar-refractivity contribution in [1.82, 2.24) is 5.32 Å². The molecule has 96 valence electrons. The Bertz CT molecular complexity index is 515. The summed E-state index contributed by atoms with van der Waals surface area (Å²) in [6.45, 7) is 0. The molecule has 0 heterocycles. The van der Waals surface area contributed by atoms with Gasteiger partial charge in [0.2, 0.25) is 0 Å². The van der Waals surface area contributed by atoms with Crippen LogP contribution in [0, 0.1) is 10.1 Å². The largest absolute Gasteiger partial charge is 0.346 e. The summed E-state index contributed by atoms with van der Waals surface area (Å²) in [5.74, 6) is -0.281. The summed E-state index contributed by atoms with van der Waals surface area (Å²) < 4.78 is 0.519. The maximum atomic E-state index is 12.0. The number of nitrogens with zero attached hydrogens (tertiary/aromatic N) is 1. The smallest absolute Gasteiger partial charge is 0.271 e. The van der Waals surface area contributed by atoms with Gasteiger partial charge in [-0.2, -0.15) is 0 Å². The lowest BCUT2D eigenvalue weighted by molar-refractivity contribution is -0.385. The van der Waals surface area contributed by atoms with Crippen molar-refractivity contribution in [3.8, 4) is 0 Å². The second-order valence-electron chi connectivity index (χ2n) is 4.32. The zero-order valence-electron chi connectivity index (χ0n) is 9.28. The van der Waals surface area contributed by atoms with Crippen LogP contribution in [0.3, 0.4) is 0 Å². The Balaban J connectivity index is 2.22. The third-order valence-electron chi connectivity index (χ3n) is 2.84. The molecule has 18 heavy (non-hydrogen) atoms. The van der Waals surface area contributed by atoms with Crippen LogP contribution in [-0.2, 0) is 0 Å². The molecule has 0 aliphatic heterocycles. The molecule has 1 amide bonds. The number of non-ortho nitro benzene ring substituents is 1. The molecule has 0 bridgehead atoms. The molecule has 0 atom stereocenters. The zero-order valence-corrected chi connectivity index (χ0v) is 12.5. The van der Waals surface area contributed by atoms with Gasteiger partial charge < -0.3 is 5.32 Å². The molecular formula is C11H10Br2N2O3. The molecule has 1 aromatic rings. The number of hydrogen-bond acceptors (Lipinski definition) is 3. The lowest BCUT2D eigenvalue weighted by atomic mass is 10.1. The second kappa shape index (κ2) is 4.97. The van der Waals surface area contributed by atoms with E-state index in [2.05, 4.69) is 37.2 Å². The van der Waals surface area contributed by atoms with Gasteiger partial charge in [0.15, 0.2) is 0 Å². The first-order valence-corrected chi connectivity index (χ1v) is 7.21. The first kappa shape index (κ1) is 13.5. The van der Waals surface area contributed by atoms with E-state index in [0.29, 0.717) is 15.4 Å². The minimum atomic E-state index is -0.515. The summed E-state index contributed by atoms with van der Waals surface area (Å²) in [4.78, 5) is 22.2.